The first kappa shape index (κ1) is 14.3. The third kappa shape index (κ3) is 2.41. The Labute approximate surface area is 104 Å². The fourth-order valence-electron chi connectivity index (χ4n) is 0.970. The zero-order valence-corrected chi connectivity index (χ0v) is 10.1. The van der Waals surface area contributed by atoms with E-state index in [0.717, 1.165) is 6.07 Å². The Balaban J connectivity index is 3.57. The van der Waals surface area contributed by atoms with Gasteiger partial charge in [-0.05, 0) is 12.1 Å². The zero-order chi connectivity index (χ0) is 13.4. The van der Waals surface area contributed by atoms with Gasteiger partial charge in [-0.25, -0.2) is 8.42 Å². The average Bonchev–Trinajstić information content (AvgIpc) is 2.20. The second kappa shape index (κ2) is 4.47. The van der Waals surface area contributed by atoms with Gasteiger partial charge in [0.2, 0.25) is 0 Å². The van der Waals surface area contributed by atoms with Crippen LogP contribution in [0.2, 0.25) is 10.0 Å². The molecule has 0 N–H and O–H groups in total. The number of halogens is 5. The molecule has 0 radical (unpaired) electrons. The van der Waals surface area contributed by atoms with Crippen LogP contribution in [0.5, 0.6) is 0 Å². The standard InChI is InChI=1S/C8H3Cl2F3O3S/c9-6-4(3-14)1-2-5(7(6)10)17(15,16)8(11,12)13/h1-3H. The van der Waals surface area contributed by atoms with Gasteiger partial charge in [0.25, 0.3) is 9.84 Å². The van der Waals surface area contributed by atoms with Crippen LogP contribution in [0, 0.1) is 0 Å². The molecule has 0 saturated heterocycles. The minimum absolute atomic E-state index is 0.196. The summed E-state index contributed by atoms with van der Waals surface area (Å²) in [5.74, 6) is 0. The molecule has 0 heterocycles. The van der Waals surface area contributed by atoms with Crippen LogP contribution in [0.3, 0.4) is 0 Å². The lowest BCUT2D eigenvalue weighted by Gasteiger charge is -2.11. The van der Waals surface area contributed by atoms with Crippen LogP contribution in [0.15, 0.2) is 17.0 Å². The summed E-state index contributed by atoms with van der Waals surface area (Å²) in [5.41, 5.74) is -5.68. The average molecular weight is 307 g/mol. The molecule has 0 spiro atoms. The Morgan fingerprint density at radius 1 is 1.12 bits per heavy atom. The molecular weight excluding hydrogens is 304 g/mol. The normalized spacial score (nSPS) is 12.5. The Hall–Kier alpha value is -0.790. The van der Waals surface area contributed by atoms with Crippen molar-refractivity contribution in [2.45, 2.75) is 10.4 Å². The molecule has 94 valence electrons. The highest BCUT2D eigenvalue weighted by atomic mass is 35.5. The van der Waals surface area contributed by atoms with E-state index >= 15 is 0 Å². The van der Waals surface area contributed by atoms with Crippen molar-refractivity contribution in [3.8, 4) is 0 Å². The van der Waals surface area contributed by atoms with Crippen LogP contribution < -0.4 is 0 Å². The third-order valence-corrected chi connectivity index (χ3v) is 4.34. The van der Waals surface area contributed by atoms with Crippen molar-refractivity contribution in [1.82, 2.24) is 0 Å². The van der Waals surface area contributed by atoms with Crippen LogP contribution in [-0.2, 0) is 9.84 Å². The lowest BCUT2D eigenvalue weighted by Crippen LogP contribution is -2.23. The summed E-state index contributed by atoms with van der Waals surface area (Å²) < 4.78 is 58.9. The van der Waals surface area contributed by atoms with E-state index in [1.165, 1.54) is 0 Å². The lowest BCUT2D eigenvalue weighted by atomic mass is 10.2. The highest BCUT2D eigenvalue weighted by molar-refractivity contribution is 7.92. The number of hydrogen-bond donors (Lipinski definition) is 0. The van der Waals surface area contributed by atoms with E-state index < -0.39 is 30.3 Å². The predicted octanol–water partition coefficient (Wildman–Crippen LogP) is 3.10. The molecule has 0 bridgehead atoms. The summed E-state index contributed by atoms with van der Waals surface area (Å²) in [6.07, 6.45) is 0.248. The molecular formula is C8H3Cl2F3O3S. The molecule has 0 fully saturated rings. The van der Waals surface area contributed by atoms with E-state index in [-0.39, 0.29) is 11.8 Å². The molecule has 0 aliphatic rings. The molecule has 3 nitrogen and oxygen atoms in total. The quantitative estimate of drug-likeness (QED) is 0.789. The van der Waals surface area contributed by atoms with Crippen LogP contribution in [-0.4, -0.2) is 20.2 Å². The number of carbonyl (C=O) groups excluding carboxylic acids is 1. The molecule has 1 rings (SSSR count). The highest BCUT2D eigenvalue weighted by Gasteiger charge is 2.48. The van der Waals surface area contributed by atoms with Crippen molar-refractivity contribution in [3.05, 3.63) is 27.7 Å². The maximum absolute atomic E-state index is 12.3. The van der Waals surface area contributed by atoms with Gasteiger partial charge in [0, 0.05) is 5.56 Å². The van der Waals surface area contributed by atoms with Gasteiger partial charge in [-0.15, -0.1) is 0 Å². The van der Waals surface area contributed by atoms with Gasteiger partial charge < -0.3 is 0 Å². The molecule has 0 aliphatic heterocycles. The van der Waals surface area contributed by atoms with E-state index in [0.29, 0.717) is 6.07 Å². The second-order valence-electron chi connectivity index (χ2n) is 2.85. The SMILES string of the molecule is O=Cc1ccc(S(=O)(=O)C(F)(F)F)c(Cl)c1Cl. The Morgan fingerprint density at radius 2 is 1.65 bits per heavy atom. The Bertz CT molecular complexity index is 566. The first-order valence-corrected chi connectivity index (χ1v) is 6.11. The number of hydrogen-bond acceptors (Lipinski definition) is 3. The first-order valence-electron chi connectivity index (χ1n) is 3.87. The van der Waals surface area contributed by atoms with Crippen LogP contribution in [0.4, 0.5) is 13.2 Å². The monoisotopic (exact) mass is 306 g/mol. The van der Waals surface area contributed by atoms with E-state index in [9.17, 15) is 26.4 Å². The molecule has 0 unspecified atom stereocenters. The van der Waals surface area contributed by atoms with Crippen molar-refractivity contribution >= 4 is 39.3 Å². The predicted molar refractivity (Wildman–Crippen MR) is 55.1 cm³/mol. The fourth-order valence-corrected chi connectivity index (χ4v) is 2.55. The summed E-state index contributed by atoms with van der Waals surface area (Å²) in [6.45, 7) is 0. The molecule has 0 aromatic heterocycles. The summed E-state index contributed by atoms with van der Waals surface area (Å²) in [6, 6.07) is 1.43. The van der Waals surface area contributed by atoms with Crippen LogP contribution in [0.1, 0.15) is 10.4 Å². The number of rotatable bonds is 2. The molecule has 1 aromatic rings. The van der Waals surface area contributed by atoms with E-state index in [1.807, 2.05) is 0 Å². The Kier molecular flexibility index (Phi) is 3.75. The molecule has 0 saturated carbocycles. The summed E-state index contributed by atoms with van der Waals surface area (Å²) >= 11 is 10.9. The van der Waals surface area contributed by atoms with E-state index in [1.54, 1.807) is 0 Å². The van der Waals surface area contributed by atoms with Crippen LogP contribution in [0.25, 0.3) is 0 Å². The van der Waals surface area contributed by atoms with Gasteiger partial charge in [-0.1, -0.05) is 23.2 Å². The maximum atomic E-state index is 12.3. The molecule has 0 atom stereocenters. The smallest absolute Gasteiger partial charge is 0.298 e. The van der Waals surface area contributed by atoms with Crippen molar-refractivity contribution in [3.63, 3.8) is 0 Å². The minimum Gasteiger partial charge on any atom is -0.298 e. The molecule has 0 aliphatic carbocycles. The number of sulfone groups is 1. The van der Waals surface area contributed by atoms with Gasteiger partial charge >= 0.3 is 5.51 Å². The van der Waals surface area contributed by atoms with Crippen molar-refractivity contribution in [2.24, 2.45) is 0 Å². The topological polar surface area (TPSA) is 51.2 Å². The van der Waals surface area contributed by atoms with Crippen LogP contribution >= 0.6 is 23.2 Å². The molecule has 9 heteroatoms. The lowest BCUT2D eigenvalue weighted by molar-refractivity contribution is -0.0435. The zero-order valence-electron chi connectivity index (χ0n) is 7.75. The summed E-state index contributed by atoms with van der Waals surface area (Å²) in [5, 5.41) is -1.36. The van der Waals surface area contributed by atoms with E-state index in [4.69, 9.17) is 23.2 Å². The van der Waals surface area contributed by atoms with Gasteiger partial charge in [-0.3, -0.25) is 4.79 Å². The minimum atomic E-state index is -5.59. The van der Waals surface area contributed by atoms with Crippen molar-refractivity contribution in [2.75, 3.05) is 0 Å². The van der Waals surface area contributed by atoms with Crippen molar-refractivity contribution in [1.29, 1.82) is 0 Å². The number of benzene rings is 1. The largest absolute Gasteiger partial charge is 0.501 e. The highest BCUT2D eigenvalue weighted by Crippen LogP contribution is 2.38. The summed E-state index contributed by atoms with van der Waals surface area (Å²) in [4.78, 5) is 9.24. The Morgan fingerprint density at radius 3 is 2.06 bits per heavy atom. The van der Waals surface area contributed by atoms with Gasteiger partial charge in [0.15, 0.2) is 6.29 Å². The third-order valence-electron chi connectivity index (χ3n) is 1.80. The second-order valence-corrected chi connectivity index (χ2v) is 5.51. The van der Waals surface area contributed by atoms with Gasteiger partial charge in [0.05, 0.1) is 14.9 Å². The maximum Gasteiger partial charge on any atom is 0.501 e. The molecule has 1 aromatic carbocycles. The van der Waals surface area contributed by atoms with E-state index in [2.05, 4.69) is 0 Å². The van der Waals surface area contributed by atoms with Gasteiger partial charge in [0.1, 0.15) is 0 Å². The first-order chi connectivity index (χ1) is 7.63. The number of aldehydes is 1. The fraction of sp³-hybridized carbons (Fsp3) is 0.125. The van der Waals surface area contributed by atoms with Gasteiger partial charge in [-0.2, -0.15) is 13.2 Å². The summed E-state index contributed by atoms with van der Waals surface area (Å²) in [7, 11) is -5.59. The van der Waals surface area contributed by atoms with Crippen molar-refractivity contribution < 1.29 is 26.4 Å². The number of carbonyl (C=O) groups is 1. The molecule has 17 heavy (non-hydrogen) atoms. The molecule has 0 amide bonds. The number of alkyl halides is 3.